The standard InChI is InChI=1S/C30H38N2O4S/c1-21-4-8-25(9-5-21)37-17-3-15-32-16-13-22(23(20-32)18-30(34)35)6-11-29(33)26-12-14-31-28-10-7-24(36-2)19-27(26)28/h4-5,7-10,12,14,19,22-23,29,33H,3,6,11,13,15-18,20H2,1-2H3,(H,34,35)/t22-,23+,29-/m1/s1. The smallest absolute Gasteiger partial charge is 0.303 e. The lowest BCUT2D eigenvalue weighted by atomic mass is 9.79. The zero-order valence-corrected chi connectivity index (χ0v) is 22.6. The summed E-state index contributed by atoms with van der Waals surface area (Å²) in [5, 5.41) is 21.5. The first-order valence-corrected chi connectivity index (χ1v) is 14.2. The Morgan fingerprint density at radius 3 is 2.76 bits per heavy atom. The molecule has 1 saturated heterocycles. The van der Waals surface area contributed by atoms with Crippen LogP contribution in [-0.4, -0.2) is 58.6 Å². The molecule has 0 bridgehead atoms. The monoisotopic (exact) mass is 522 g/mol. The van der Waals surface area contributed by atoms with Crippen molar-refractivity contribution in [3.63, 3.8) is 0 Å². The molecule has 6 nitrogen and oxygen atoms in total. The number of aromatic nitrogens is 1. The maximum Gasteiger partial charge on any atom is 0.303 e. The molecule has 1 aliphatic rings. The first kappa shape index (κ1) is 27.4. The number of benzene rings is 2. The largest absolute Gasteiger partial charge is 0.497 e. The molecular formula is C30H38N2O4S. The normalized spacial score (nSPS) is 19.1. The summed E-state index contributed by atoms with van der Waals surface area (Å²) in [5.41, 5.74) is 2.95. The van der Waals surface area contributed by atoms with Crippen LogP contribution in [0.1, 0.15) is 49.3 Å². The maximum atomic E-state index is 11.6. The van der Waals surface area contributed by atoms with E-state index in [1.807, 2.05) is 36.0 Å². The Kier molecular flexibility index (Phi) is 9.83. The zero-order valence-electron chi connectivity index (χ0n) is 21.8. The first-order valence-electron chi connectivity index (χ1n) is 13.2. The van der Waals surface area contributed by atoms with Crippen molar-refractivity contribution >= 4 is 28.6 Å². The van der Waals surface area contributed by atoms with E-state index in [1.54, 1.807) is 13.3 Å². The Morgan fingerprint density at radius 1 is 1.19 bits per heavy atom. The number of likely N-dealkylation sites (tertiary alicyclic amines) is 1. The van der Waals surface area contributed by atoms with Crippen LogP contribution in [0.25, 0.3) is 10.9 Å². The van der Waals surface area contributed by atoms with Crippen molar-refractivity contribution < 1.29 is 19.7 Å². The van der Waals surface area contributed by atoms with Crippen LogP contribution >= 0.6 is 11.8 Å². The van der Waals surface area contributed by atoms with E-state index in [4.69, 9.17) is 4.74 Å². The molecule has 0 spiro atoms. The van der Waals surface area contributed by atoms with Crippen molar-refractivity contribution in [2.45, 2.75) is 50.0 Å². The molecule has 1 aliphatic heterocycles. The topological polar surface area (TPSA) is 82.9 Å². The molecule has 3 aromatic rings. The fraction of sp³-hybridized carbons (Fsp3) is 0.467. The minimum absolute atomic E-state index is 0.109. The first-order chi connectivity index (χ1) is 17.9. The van der Waals surface area contributed by atoms with Crippen LogP contribution in [0, 0.1) is 18.8 Å². The minimum atomic E-state index is -0.737. The molecule has 198 valence electrons. The second-order valence-electron chi connectivity index (χ2n) is 10.1. The number of rotatable bonds is 12. The number of hydrogen-bond donors (Lipinski definition) is 2. The van der Waals surface area contributed by atoms with Crippen molar-refractivity contribution in [2.24, 2.45) is 11.8 Å². The highest BCUT2D eigenvalue weighted by Gasteiger charge is 2.31. The van der Waals surface area contributed by atoms with Gasteiger partial charge in [-0.15, -0.1) is 11.8 Å². The molecule has 0 radical (unpaired) electrons. The van der Waals surface area contributed by atoms with Gasteiger partial charge in [-0.2, -0.15) is 0 Å². The molecule has 2 aromatic carbocycles. The molecule has 4 rings (SSSR count). The molecule has 1 aromatic heterocycles. The van der Waals surface area contributed by atoms with Gasteiger partial charge in [-0.3, -0.25) is 9.78 Å². The average molecular weight is 523 g/mol. The molecule has 3 atom stereocenters. The molecule has 2 heterocycles. The number of fused-ring (bicyclic) bond motifs is 1. The van der Waals surface area contributed by atoms with Gasteiger partial charge in [0.2, 0.25) is 0 Å². The number of methoxy groups -OCH3 is 1. The van der Waals surface area contributed by atoms with Gasteiger partial charge in [0.25, 0.3) is 0 Å². The van der Waals surface area contributed by atoms with E-state index in [0.29, 0.717) is 12.3 Å². The predicted octanol–water partition coefficient (Wildman–Crippen LogP) is 5.96. The molecule has 0 amide bonds. The van der Waals surface area contributed by atoms with Gasteiger partial charge in [-0.05, 0) is 105 Å². The van der Waals surface area contributed by atoms with Crippen LogP contribution in [0.5, 0.6) is 5.75 Å². The van der Waals surface area contributed by atoms with Crippen molar-refractivity contribution in [2.75, 3.05) is 32.5 Å². The summed E-state index contributed by atoms with van der Waals surface area (Å²) in [7, 11) is 1.63. The van der Waals surface area contributed by atoms with E-state index in [0.717, 1.165) is 66.9 Å². The number of aliphatic carboxylic acids is 1. The third kappa shape index (κ3) is 7.69. The van der Waals surface area contributed by atoms with Gasteiger partial charge in [-0.1, -0.05) is 17.7 Å². The minimum Gasteiger partial charge on any atom is -0.497 e. The highest BCUT2D eigenvalue weighted by molar-refractivity contribution is 7.99. The molecule has 7 heteroatoms. The summed E-state index contributed by atoms with van der Waals surface area (Å²) in [6.07, 6.45) is 4.76. The van der Waals surface area contributed by atoms with E-state index in [9.17, 15) is 15.0 Å². The van der Waals surface area contributed by atoms with Crippen LogP contribution in [-0.2, 0) is 4.79 Å². The van der Waals surface area contributed by atoms with Crippen LogP contribution in [0.15, 0.2) is 59.6 Å². The summed E-state index contributed by atoms with van der Waals surface area (Å²) >= 11 is 1.88. The molecule has 0 saturated carbocycles. The lowest BCUT2D eigenvalue weighted by molar-refractivity contribution is -0.139. The van der Waals surface area contributed by atoms with Gasteiger partial charge in [0.1, 0.15) is 5.75 Å². The Morgan fingerprint density at radius 2 is 2.00 bits per heavy atom. The number of piperidine rings is 1. The maximum absolute atomic E-state index is 11.6. The highest BCUT2D eigenvalue weighted by Crippen LogP contribution is 2.35. The Hall–Kier alpha value is -2.61. The number of aliphatic hydroxyl groups is 1. The van der Waals surface area contributed by atoms with Crippen molar-refractivity contribution in [3.05, 3.63) is 65.9 Å². The third-order valence-corrected chi connectivity index (χ3v) is 8.57. The van der Waals surface area contributed by atoms with Gasteiger partial charge >= 0.3 is 5.97 Å². The number of aliphatic hydroxyl groups excluding tert-OH is 1. The van der Waals surface area contributed by atoms with E-state index in [1.165, 1.54) is 10.5 Å². The van der Waals surface area contributed by atoms with Gasteiger partial charge in [0.05, 0.1) is 18.7 Å². The quantitative estimate of drug-likeness (QED) is 0.224. The lowest BCUT2D eigenvalue weighted by Gasteiger charge is -2.38. The summed E-state index contributed by atoms with van der Waals surface area (Å²) in [4.78, 5) is 19.8. The van der Waals surface area contributed by atoms with Gasteiger partial charge in [-0.25, -0.2) is 0 Å². The van der Waals surface area contributed by atoms with Gasteiger partial charge in [0, 0.05) is 29.4 Å². The SMILES string of the molecule is COc1ccc2nccc([C@H](O)CC[C@@H]3CCN(CCCSc4ccc(C)cc4)C[C@@H]3CC(=O)O)c2c1. The molecule has 0 unspecified atom stereocenters. The number of carboxylic acid groups (broad SMARTS) is 1. The van der Waals surface area contributed by atoms with E-state index >= 15 is 0 Å². The number of carbonyl (C=O) groups is 1. The molecule has 2 N–H and O–H groups in total. The Bertz CT molecular complexity index is 1170. The number of ether oxygens (including phenoxy) is 1. The summed E-state index contributed by atoms with van der Waals surface area (Å²) in [6.45, 7) is 4.90. The summed E-state index contributed by atoms with van der Waals surface area (Å²) < 4.78 is 5.36. The van der Waals surface area contributed by atoms with Crippen LogP contribution in [0.3, 0.4) is 0 Å². The second-order valence-corrected chi connectivity index (χ2v) is 11.3. The fourth-order valence-electron chi connectivity index (χ4n) is 5.40. The third-order valence-electron chi connectivity index (χ3n) is 7.47. The number of thioether (sulfide) groups is 1. The number of carboxylic acids is 1. The summed E-state index contributed by atoms with van der Waals surface area (Å²) in [6, 6.07) is 16.2. The number of aryl methyl sites for hydroxylation is 1. The Labute approximate surface area is 224 Å². The zero-order chi connectivity index (χ0) is 26.2. The molecule has 37 heavy (non-hydrogen) atoms. The average Bonchev–Trinajstić information content (AvgIpc) is 2.90. The van der Waals surface area contributed by atoms with Crippen LogP contribution < -0.4 is 4.74 Å². The van der Waals surface area contributed by atoms with E-state index in [2.05, 4.69) is 41.1 Å². The predicted molar refractivity (Wildman–Crippen MR) is 149 cm³/mol. The van der Waals surface area contributed by atoms with Crippen molar-refractivity contribution in [1.29, 1.82) is 0 Å². The van der Waals surface area contributed by atoms with E-state index in [-0.39, 0.29) is 12.3 Å². The van der Waals surface area contributed by atoms with Gasteiger partial charge in [0.15, 0.2) is 0 Å². The van der Waals surface area contributed by atoms with Crippen LogP contribution in [0.2, 0.25) is 0 Å². The molecular weight excluding hydrogens is 484 g/mol. The Balaban J connectivity index is 1.30. The molecule has 1 fully saturated rings. The number of pyridine rings is 1. The van der Waals surface area contributed by atoms with Crippen molar-refractivity contribution in [1.82, 2.24) is 9.88 Å². The lowest BCUT2D eigenvalue weighted by Crippen LogP contribution is -2.42. The molecule has 0 aliphatic carbocycles. The number of hydrogen-bond acceptors (Lipinski definition) is 6. The second kappa shape index (κ2) is 13.3. The summed E-state index contributed by atoms with van der Waals surface area (Å²) in [5.74, 6) is 1.47. The van der Waals surface area contributed by atoms with Gasteiger partial charge < -0.3 is 19.8 Å². The number of nitrogens with zero attached hydrogens (tertiary/aromatic N) is 2. The van der Waals surface area contributed by atoms with E-state index < -0.39 is 12.1 Å². The van der Waals surface area contributed by atoms with Crippen LogP contribution in [0.4, 0.5) is 0 Å². The van der Waals surface area contributed by atoms with Crippen molar-refractivity contribution in [3.8, 4) is 5.75 Å². The fourth-order valence-corrected chi connectivity index (χ4v) is 6.24. The highest BCUT2D eigenvalue weighted by atomic mass is 32.2.